The molecule has 1 rings (SSSR count). The lowest BCUT2D eigenvalue weighted by atomic mass is 9.86. The van der Waals surface area contributed by atoms with Crippen LogP contribution < -0.4 is 5.73 Å². The molecule has 0 saturated carbocycles. The van der Waals surface area contributed by atoms with Crippen LogP contribution in [0.4, 0.5) is 0 Å². The van der Waals surface area contributed by atoms with Gasteiger partial charge in [-0.2, -0.15) is 0 Å². The average molecular weight is 335 g/mol. The average Bonchev–Trinajstić information content (AvgIpc) is 2.35. The molecule has 0 fully saturated rings. The van der Waals surface area contributed by atoms with Gasteiger partial charge in [-0.05, 0) is 43.7 Å². The third-order valence-corrected chi connectivity index (χ3v) is 3.65. The van der Waals surface area contributed by atoms with Gasteiger partial charge in [0.15, 0.2) is 5.92 Å². The summed E-state index contributed by atoms with van der Waals surface area (Å²) in [5, 5.41) is 9.36. The first kappa shape index (κ1) is 20.2. The Balaban J connectivity index is 2.88. The smallest absolute Gasteiger partial charge is 0.322 e. The third-order valence-electron chi connectivity index (χ3n) is 3.65. The van der Waals surface area contributed by atoms with Gasteiger partial charge in [0.25, 0.3) is 0 Å². The Morgan fingerprint density at radius 2 is 1.58 bits per heavy atom. The number of ether oxygens (including phenoxy) is 1. The molecule has 0 heterocycles. The number of aliphatic carboxylic acids is 1. The third kappa shape index (κ3) is 5.96. The molecule has 1 aromatic rings. The van der Waals surface area contributed by atoms with E-state index in [0.29, 0.717) is 6.42 Å². The van der Waals surface area contributed by atoms with Crippen LogP contribution in [0.3, 0.4) is 0 Å². The molecule has 1 aromatic carbocycles. The van der Waals surface area contributed by atoms with E-state index in [1.807, 2.05) is 24.3 Å². The fourth-order valence-corrected chi connectivity index (χ4v) is 2.35. The summed E-state index contributed by atoms with van der Waals surface area (Å²) in [5.41, 5.74) is 7.38. The number of nitrogens with two attached hydrogens (primary N) is 1. The van der Waals surface area contributed by atoms with Crippen LogP contribution in [0.5, 0.6) is 0 Å². The van der Waals surface area contributed by atoms with E-state index in [4.69, 9.17) is 10.5 Å². The molecule has 0 aliphatic heterocycles. The van der Waals surface area contributed by atoms with E-state index in [-0.39, 0.29) is 5.41 Å². The largest absolute Gasteiger partial charge is 0.481 e. The van der Waals surface area contributed by atoms with Crippen molar-refractivity contribution in [2.75, 3.05) is 0 Å². The van der Waals surface area contributed by atoms with Crippen LogP contribution in [0.2, 0.25) is 0 Å². The van der Waals surface area contributed by atoms with E-state index in [9.17, 15) is 14.7 Å². The molecule has 0 bridgehead atoms. The summed E-state index contributed by atoms with van der Waals surface area (Å²) in [7, 11) is 0. The van der Waals surface area contributed by atoms with Crippen LogP contribution in [0.25, 0.3) is 0 Å². The molecule has 0 unspecified atom stereocenters. The zero-order chi connectivity index (χ0) is 18.7. The van der Waals surface area contributed by atoms with E-state index < -0.39 is 29.5 Å². The number of carboxylic acids is 1. The molecule has 0 aliphatic rings. The monoisotopic (exact) mass is 335 g/mol. The Kier molecular flexibility index (Phi) is 6.17. The molecule has 0 radical (unpaired) electrons. The lowest BCUT2D eigenvalue weighted by Crippen LogP contribution is -2.45. The summed E-state index contributed by atoms with van der Waals surface area (Å²) >= 11 is 0. The van der Waals surface area contributed by atoms with Gasteiger partial charge < -0.3 is 15.6 Å². The van der Waals surface area contributed by atoms with Crippen molar-refractivity contribution in [3.8, 4) is 0 Å². The number of hydrogen-bond acceptors (Lipinski definition) is 4. The van der Waals surface area contributed by atoms with Crippen LogP contribution >= 0.6 is 0 Å². The van der Waals surface area contributed by atoms with Crippen LogP contribution in [0, 0.1) is 5.92 Å². The highest BCUT2D eigenvalue weighted by Crippen LogP contribution is 2.23. The highest BCUT2D eigenvalue weighted by atomic mass is 16.6. The first-order valence-corrected chi connectivity index (χ1v) is 8.12. The number of hydrogen-bond donors (Lipinski definition) is 2. The first-order valence-electron chi connectivity index (χ1n) is 8.12. The summed E-state index contributed by atoms with van der Waals surface area (Å²) in [5.74, 6) is -3.44. The van der Waals surface area contributed by atoms with Crippen molar-refractivity contribution in [3.05, 3.63) is 35.4 Å². The molecule has 0 amide bonds. The summed E-state index contributed by atoms with van der Waals surface area (Å²) in [6.45, 7) is 11.5. The standard InChI is InChI=1S/C19H29NO4/c1-18(2,3)13-9-7-12(8-10-13)11-14(20)15(16(21)22)17(23)24-19(4,5)6/h7-10,14-15H,11,20H2,1-6H3,(H,21,22)/t14-,15-/m0/s1. The minimum absolute atomic E-state index is 0.0424. The van der Waals surface area contributed by atoms with Crippen molar-refractivity contribution < 1.29 is 19.4 Å². The zero-order valence-corrected chi connectivity index (χ0v) is 15.4. The second-order valence-electron chi connectivity index (χ2n) is 8.16. The maximum absolute atomic E-state index is 12.1. The van der Waals surface area contributed by atoms with E-state index in [2.05, 4.69) is 20.8 Å². The normalized spacial score (nSPS) is 14.8. The van der Waals surface area contributed by atoms with Gasteiger partial charge in [0.05, 0.1) is 0 Å². The molecule has 0 aliphatic carbocycles. The van der Waals surface area contributed by atoms with Gasteiger partial charge in [0, 0.05) is 6.04 Å². The summed E-state index contributed by atoms with van der Waals surface area (Å²) < 4.78 is 5.18. The molecule has 2 atom stereocenters. The quantitative estimate of drug-likeness (QED) is 0.638. The molecule has 0 spiro atoms. The number of esters is 1. The van der Waals surface area contributed by atoms with Gasteiger partial charge in [-0.1, -0.05) is 45.0 Å². The Hall–Kier alpha value is -1.88. The number of carbonyl (C=O) groups excluding carboxylic acids is 1. The molecule has 134 valence electrons. The highest BCUT2D eigenvalue weighted by molar-refractivity contribution is 5.95. The van der Waals surface area contributed by atoms with Crippen molar-refractivity contribution in [2.24, 2.45) is 11.7 Å². The predicted octanol–water partition coefficient (Wildman–Crippen LogP) is 2.90. The Morgan fingerprint density at radius 1 is 1.08 bits per heavy atom. The summed E-state index contributed by atoms with van der Waals surface area (Å²) in [6.07, 6.45) is 0.292. The number of benzene rings is 1. The second kappa shape index (κ2) is 7.34. The number of rotatable bonds is 5. The summed E-state index contributed by atoms with van der Waals surface area (Å²) in [6, 6.07) is 7.01. The maximum atomic E-state index is 12.1. The maximum Gasteiger partial charge on any atom is 0.322 e. The minimum atomic E-state index is -1.38. The Morgan fingerprint density at radius 3 is 1.96 bits per heavy atom. The van der Waals surface area contributed by atoms with Crippen LogP contribution in [0.1, 0.15) is 52.7 Å². The van der Waals surface area contributed by atoms with Crippen molar-refractivity contribution in [1.82, 2.24) is 0 Å². The van der Waals surface area contributed by atoms with Crippen molar-refractivity contribution >= 4 is 11.9 Å². The van der Waals surface area contributed by atoms with Crippen LogP contribution in [-0.4, -0.2) is 28.7 Å². The van der Waals surface area contributed by atoms with E-state index >= 15 is 0 Å². The molecule has 5 heteroatoms. The fourth-order valence-electron chi connectivity index (χ4n) is 2.35. The lowest BCUT2D eigenvalue weighted by molar-refractivity contribution is -0.167. The van der Waals surface area contributed by atoms with E-state index in [1.165, 1.54) is 5.56 Å². The Bertz CT molecular complexity index is 579. The molecule has 5 nitrogen and oxygen atoms in total. The molecule has 24 heavy (non-hydrogen) atoms. The Labute approximate surface area is 144 Å². The van der Waals surface area contributed by atoms with Gasteiger partial charge in [-0.25, -0.2) is 0 Å². The van der Waals surface area contributed by atoms with Crippen molar-refractivity contribution in [2.45, 2.75) is 65.0 Å². The topological polar surface area (TPSA) is 89.6 Å². The molecule has 3 N–H and O–H groups in total. The molecule has 0 aromatic heterocycles. The van der Waals surface area contributed by atoms with Gasteiger partial charge in [0.1, 0.15) is 5.60 Å². The van der Waals surface area contributed by atoms with Gasteiger partial charge in [-0.15, -0.1) is 0 Å². The molecule has 0 saturated heterocycles. The SMILES string of the molecule is CC(C)(C)OC(=O)[C@H](C(=O)O)[C@@H](N)Cc1ccc(C(C)(C)C)cc1. The van der Waals surface area contributed by atoms with Crippen LogP contribution in [0.15, 0.2) is 24.3 Å². The highest BCUT2D eigenvalue weighted by Gasteiger charge is 2.36. The fraction of sp³-hybridized carbons (Fsp3) is 0.579. The van der Waals surface area contributed by atoms with E-state index in [1.54, 1.807) is 20.8 Å². The van der Waals surface area contributed by atoms with Gasteiger partial charge in [0.2, 0.25) is 0 Å². The minimum Gasteiger partial charge on any atom is -0.481 e. The zero-order valence-electron chi connectivity index (χ0n) is 15.4. The number of carbonyl (C=O) groups is 2. The van der Waals surface area contributed by atoms with E-state index in [0.717, 1.165) is 5.56 Å². The van der Waals surface area contributed by atoms with Gasteiger partial charge in [-0.3, -0.25) is 9.59 Å². The predicted molar refractivity (Wildman–Crippen MR) is 93.8 cm³/mol. The lowest BCUT2D eigenvalue weighted by Gasteiger charge is -2.25. The first-order chi connectivity index (χ1) is 10.8. The second-order valence-corrected chi connectivity index (χ2v) is 8.16. The molecular formula is C19H29NO4. The van der Waals surface area contributed by atoms with Gasteiger partial charge >= 0.3 is 11.9 Å². The molecular weight excluding hydrogens is 306 g/mol. The van der Waals surface area contributed by atoms with Crippen molar-refractivity contribution in [3.63, 3.8) is 0 Å². The van der Waals surface area contributed by atoms with Crippen molar-refractivity contribution in [1.29, 1.82) is 0 Å². The summed E-state index contributed by atoms with van der Waals surface area (Å²) in [4.78, 5) is 23.6. The number of carboxylic acid groups (broad SMARTS) is 1. The van der Waals surface area contributed by atoms with Crippen LogP contribution in [-0.2, 0) is 26.2 Å².